The van der Waals surface area contributed by atoms with Crippen molar-refractivity contribution in [2.24, 2.45) is 0 Å². The van der Waals surface area contributed by atoms with E-state index in [1.54, 1.807) is 19.2 Å². The Kier molecular flexibility index (Phi) is 5.23. The molecule has 0 fully saturated rings. The highest BCUT2D eigenvalue weighted by Crippen LogP contribution is 2.27. The van der Waals surface area contributed by atoms with E-state index in [1.807, 2.05) is 30.3 Å². The van der Waals surface area contributed by atoms with Crippen molar-refractivity contribution in [2.45, 2.75) is 0 Å². The van der Waals surface area contributed by atoms with Gasteiger partial charge in [-0.1, -0.05) is 27.5 Å². The molecule has 0 bridgehead atoms. The first-order valence-electron chi connectivity index (χ1n) is 5.75. The van der Waals surface area contributed by atoms with E-state index in [2.05, 4.69) is 26.6 Å². The van der Waals surface area contributed by atoms with Crippen molar-refractivity contribution in [3.05, 3.63) is 52.0 Å². The fraction of sp³-hybridized carbons (Fsp3) is 0.0714. The Labute approximate surface area is 136 Å². The molecule has 0 amide bonds. The second kappa shape index (κ2) is 6.92. The van der Waals surface area contributed by atoms with Gasteiger partial charge in [0.2, 0.25) is 0 Å². The van der Waals surface area contributed by atoms with Crippen molar-refractivity contribution in [3.8, 4) is 5.75 Å². The van der Waals surface area contributed by atoms with Gasteiger partial charge in [0, 0.05) is 15.8 Å². The van der Waals surface area contributed by atoms with Crippen molar-refractivity contribution in [2.75, 3.05) is 17.7 Å². The van der Waals surface area contributed by atoms with Crippen LogP contribution in [0.4, 0.5) is 11.4 Å². The van der Waals surface area contributed by atoms with E-state index in [-0.39, 0.29) is 0 Å². The Bertz CT molecular complexity index is 619. The summed E-state index contributed by atoms with van der Waals surface area (Å²) in [6.45, 7) is 0. The molecule has 0 aliphatic carbocycles. The zero-order valence-electron chi connectivity index (χ0n) is 10.6. The van der Waals surface area contributed by atoms with Gasteiger partial charge in [-0.25, -0.2) is 0 Å². The molecule has 0 aromatic heterocycles. The minimum absolute atomic E-state index is 0.494. The number of hydrogen-bond acceptors (Lipinski definition) is 2. The van der Waals surface area contributed by atoms with Gasteiger partial charge in [-0.15, -0.1) is 0 Å². The average molecular weight is 372 g/mol. The number of benzene rings is 2. The maximum atomic E-state index is 6.06. The molecule has 2 rings (SSSR count). The number of thiocarbonyl (C=S) groups is 1. The van der Waals surface area contributed by atoms with E-state index in [0.29, 0.717) is 15.9 Å². The van der Waals surface area contributed by atoms with Gasteiger partial charge in [0.15, 0.2) is 5.11 Å². The Morgan fingerprint density at radius 1 is 1.10 bits per heavy atom. The van der Waals surface area contributed by atoms with Crippen LogP contribution in [0.5, 0.6) is 5.75 Å². The molecule has 0 unspecified atom stereocenters. The quantitative estimate of drug-likeness (QED) is 0.750. The fourth-order valence-corrected chi connectivity index (χ4v) is 2.33. The van der Waals surface area contributed by atoms with Crippen LogP contribution in [-0.4, -0.2) is 12.2 Å². The van der Waals surface area contributed by atoms with Crippen molar-refractivity contribution >= 4 is 56.2 Å². The summed E-state index contributed by atoms with van der Waals surface area (Å²) in [7, 11) is 1.58. The maximum absolute atomic E-state index is 6.06. The molecule has 3 nitrogen and oxygen atoms in total. The molecule has 0 aliphatic rings. The molecular formula is C14H12BrClN2OS. The first kappa shape index (κ1) is 15.1. The van der Waals surface area contributed by atoms with Crippen LogP contribution in [0.2, 0.25) is 5.02 Å². The zero-order chi connectivity index (χ0) is 14.5. The first-order valence-corrected chi connectivity index (χ1v) is 7.33. The summed E-state index contributed by atoms with van der Waals surface area (Å²) >= 11 is 14.7. The highest BCUT2D eigenvalue weighted by molar-refractivity contribution is 9.10. The monoisotopic (exact) mass is 370 g/mol. The molecule has 2 aromatic rings. The number of halogens is 2. The lowest BCUT2D eigenvalue weighted by Crippen LogP contribution is -2.18. The third-order valence-corrected chi connectivity index (χ3v) is 3.54. The Morgan fingerprint density at radius 3 is 2.30 bits per heavy atom. The molecule has 20 heavy (non-hydrogen) atoms. The molecule has 2 N–H and O–H groups in total. The van der Waals surface area contributed by atoms with Crippen LogP contribution >= 0.6 is 39.7 Å². The molecule has 0 aliphatic heterocycles. The minimum atomic E-state index is 0.494. The lowest BCUT2D eigenvalue weighted by atomic mass is 10.3. The third-order valence-electron chi connectivity index (χ3n) is 2.51. The second-order valence-corrected chi connectivity index (χ2v) is 5.67. The normalized spacial score (nSPS) is 9.95. The zero-order valence-corrected chi connectivity index (χ0v) is 13.8. The van der Waals surface area contributed by atoms with Gasteiger partial charge in [0.1, 0.15) is 5.75 Å². The topological polar surface area (TPSA) is 33.3 Å². The van der Waals surface area contributed by atoms with Gasteiger partial charge in [-0.2, -0.15) is 0 Å². The van der Waals surface area contributed by atoms with Gasteiger partial charge >= 0.3 is 0 Å². The SMILES string of the molecule is COc1ccc(NC(=S)Nc2ccc(Br)cc2)cc1Cl. The van der Waals surface area contributed by atoms with Crippen LogP contribution in [0.15, 0.2) is 46.9 Å². The summed E-state index contributed by atoms with van der Waals surface area (Å²) in [5.74, 6) is 0.629. The molecule has 0 radical (unpaired) electrons. The molecule has 0 heterocycles. The molecule has 2 aromatic carbocycles. The van der Waals surface area contributed by atoms with Gasteiger partial charge in [0.05, 0.1) is 12.1 Å². The third kappa shape index (κ3) is 4.10. The largest absolute Gasteiger partial charge is 0.495 e. The predicted octanol–water partition coefficient (Wildman–Crippen LogP) is 4.92. The molecule has 0 saturated heterocycles. The second-order valence-electron chi connectivity index (χ2n) is 3.94. The smallest absolute Gasteiger partial charge is 0.175 e. The molecule has 0 spiro atoms. The fourth-order valence-electron chi connectivity index (χ4n) is 1.57. The minimum Gasteiger partial charge on any atom is -0.495 e. The number of ether oxygens (including phenoxy) is 1. The molecule has 6 heteroatoms. The molecule has 104 valence electrons. The van der Waals surface area contributed by atoms with E-state index in [0.717, 1.165) is 15.8 Å². The van der Waals surface area contributed by atoms with Crippen molar-refractivity contribution in [1.29, 1.82) is 0 Å². The van der Waals surface area contributed by atoms with Crippen molar-refractivity contribution < 1.29 is 4.74 Å². The van der Waals surface area contributed by atoms with Crippen LogP contribution in [0, 0.1) is 0 Å². The van der Waals surface area contributed by atoms with Crippen LogP contribution in [-0.2, 0) is 0 Å². The lowest BCUT2D eigenvalue weighted by molar-refractivity contribution is 0.415. The van der Waals surface area contributed by atoms with Gasteiger partial charge < -0.3 is 15.4 Å². The Morgan fingerprint density at radius 2 is 1.70 bits per heavy atom. The average Bonchev–Trinajstić information content (AvgIpc) is 2.41. The summed E-state index contributed by atoms with van der Waals surface area (Å²) in [6, 6.07) is 13.1. The van der Waals surface area contributed by atoms with E-state index in [4.69, 9.17) is 28.6 Å². The molecular weight excluding hydrogens is 360 g/mol. The maximum Gasteiger partial charge on any atom is 0.175 e. The highest BCUT2D eigenvalue weighted by atomic mass is 79.9. The number of rotatable bonds is 3. The summed E-state index contributed by atoms with van der Waals surface area (Å²) in [5.41, 5.74) is 1.70. The van der Waals surface area contributed by atoms with E-state index >= 15 is 0 Å². The van der Waals surface area contributed by atoms with Crippen LogP contribution < -0.4 is 15.4 Å². The number of nitrogens with one attached hydrogen (secondary N) is 2. The summed E-state index contributed by atoms with van der Waals surface area (Å²) in [4.78, 5) is 0. The standard InChI is InChI=1S/C14H12BrClN2OS/c1-19-13-7-6-11(8-12(13)16)18-14(20)17-10-4-2-9(15)3-5-10/h2-8H,1H3,(H2,17,18,20). The number of hydrogen-bond donors (Lipinski definition) is 2. The van der Waals surface area contributed by atoms with E-state index in [1.165, 1.54) is 0 Å². The van der Waals surface area contributed by atoms with Crippen molar-refractivity contribution in [1.82, 2.24) is 0 Å². The van der Waals surface area contributed by atoms with Gasteiger partial charge in [-0.05, 0) is 54.7 Å². The molecule has 0 saturated carbocycles. The Balaban J connectivity index is 2.01. The van der Waals surface area contributed by atoms with Gasteiger partial charge in [-0.3, -0.25) is 0 Å². The van der Waals surface area contributed by atoms with Crippen molar-refractivity contribution in [3.63, 3.8) is 0 Å². The van der Waals surface area contributed by atoms with Crippen LogP contribution in [0.1, 0.15) is 0 Å². The summed E-state index contributed by atoms with van der Waals surface area (Å²) in [5, 5.41) is 7.18. The number of anilines is 2. The highest BCUT2D eigenvalue weighted by Gasteiger charge is 2.03. The summed E-state index contributed by atoms with van der Waals surface area (Å²) in [6.07, 6.45) is 0. The van der Waals surface area contributed by atoms with Crippen LogP contribution in [0.25, 0.3) is 0 Å². The Hall–Kier alpha value is -1.30. The predicted molar refractivity (Wildman–Crippen MR) is 92.0 cm³/mol. The molecule has 0 atom stereocenters. The van der Waals surface area contributed by atoms with E-state index in [9.17, 15) is 0 Å². The van der Waals surface area contributed by atoms with Gasteiger partial charge in [0.25, 0.3) is 0 Å². The lowest BCUT2D eigenvalue weighted by Gasteiger charge is -2.12. The first-order chi connectivity index (χ1) is 9.58. The van der Waals surface area contributed by atoms with Crippen LogP contribution in [0.3, 0.4) is 0 Å². The number of methoxy groups -OCH3 is 1. The van der Waals surface area contributed by atoms with E-state index < -0.39 is 0 Å². The summed E-state index contributed by atoms with van der Waals surface area (Å²) < 4.78 is 6.12.